The molecule has 2 atom stereocenters. The van der Waals surface area contributed by atoms with E-state index in [0.29, 0.717) is 6.54 Å². The highest BCUT2D eigenvalue weighted by Gasteiger charge is 2.45. The summed E-state index contributed by atoms with van der Waals surface area (Å²) in [6.45, 7) is 4.32. The molecule has 1 saturated heterocycles. The van der Waals surface area contributed by atoms with Crippen LogP contribution in [0, 0.1) is 5.41 Å². The predicted molar refractivity (Wildman–Crippen MR) is 92.7 cm³/mol. The molecule has 2 aliphatic rings. The summed E-state index contributed by atoms with van der Waals surface area (Å²) in [6.07, 6.45) is 1.10. The highest BCUT2D eigenvalue weighted by molar-refractivity contribution is 5.86. The van der Waals surface area contributed by atoms with E-state index >= 15 is 0 Å². The van der Waals surface area contributed by atoms with Crippen molar-refractivity contribution in [1.29, 1.82) is 0 Å². The van der Waals surface area contributed by atoms with Gasteiger partial charge in [0.1, 0.15) is 6.61 Å². The first-order chi connectivity index (χ1) is 12.0. The molecule has 0 unspecified atom stereocenters. The van der Waals surface area contributed by atoms with Crippen LogP contribution in [0.3, 0.4) is 0 Å². The predicted octanol–water partition coefficient (Wildman–Crippen LogP) is 1.25. The number of aliphatic hydroxyl groups is 1. The topological polar surface area (TPSA) is 78.9 Å². The maximum Gasteiger partial charge on any atom is 0.251 e. The summed E-state index contributed by atoms with van der Waals surface area (Å²) < 4.78 is 5.65. The highest BCUT2D eigenvalue weighted by atomic mass is 16.5. The Morgan fingerprint density at radius 3 is 2.60 bits per heavy atom. The van der Waals surface area contributed by atoms with Crippen molar-refractivity contribution >= 4 is 11.8 Å². The van der Waals surface area contributed by atoms with Gasteiger partial charge in [0.25, 0.3) is 5.91 Å². The number of hydrogen-bond acceptors (Lipinski definition) is 4. The van der Waals surface area contributed by atoms with Crippen molar-refractivity contribution in [1.82, 2.24) is 10.2 Å². The Bertz CT molecular complexity index is 628. The van der Waals surface area contributed by atoms with Crippen LogP contribution >= 0.6 is 0 Å². The third-order valence-electron chi connectivity index (χ3n) is 5.15. The molecule has 1 aliphatic heterocycles. The van der Waals surface area contributed by atoms with Gasteiger partial charge in [-0.25, -0.2) is 0 Å². The number of nitrogens with one attached hydrogen (secondary N) is 1. The second-order valence-corrected chi connectivity index (χ2v) is 7.36. The van der Waals surface area contributed by atoms with Crippen molar-refractivity contribution in [2.45, 2.75) is 44.9 Å². The summed E-state index contributed by atoms with van der Waals surface area (Å²) in [5, 5.41) is 12.3. The van der Waals surface area contributed by atoms with Crippen LogP contribution in [0.15, 0.2) is 30.3 Å². The minimum atomic E-state index is -0.753. The minimum absolute atomic E-state index is 0.0378. The standard InChI is InChI=1S/C19H26N2O4/c1-13(2)21-15(23)10-25-17(16(21)14-6-4-3-5-7-14)18(24)20-11-19(12-22)8-9-19/h3-7,13,16-17,22H,8-12H2,1-2H3,(H,20,24)/t16-,17+/m1/s1. The molecule has 2 fully saturated rings. The fraction of sp³-hybridized carbons (Fsp3) is 0.579. The van der Waals surface area contributed by atoms with E-state index in [4.69, 9.17) is 4.74 Å². The first-order valence-electron chi connectivity index (χ1n) is 8.84. The van der Waals surface area contributed by atoms with Gasteiger partial charge in [0.05, 0.1) is 12.6 Å². The van der Waals surface area contributed by atoms with Gasteiger partial charge >= 0.3 is 0 Å². The number of carbonyl (C=O) groups excluding carboxylic acids is 2. The Labute approximate surface area is 148 Å². The van der Waals surface area contributed by atoms with E-state index in [9.17, 15) is 14.7 Å². The lowest BCUT2D eigenvalue weighted by molar-refractivity contribution is -0.167. The lowest BCUT2D eigenvalue weighted by atomic mass is 9.95. The second-order valence-electron chi connectivity index (χ2n) is 7.36. The molecule has 0 radical (unpaired) electrons. The van der Waals surface area contributed by atoms with Crippen LogP contribution in [0.25, 0.3) is 0 Å². The zero-order valence-electron chi connectivity index (χ0n) is 14.8. The molecular weight excluding hydrogens is 320 g/mol. The number of rotatable bonds is 6. The molecule has 1 aromatic carbocycles. The smallest absolute Gasteiger partial charge is 0.251 e. The summed E-state index contributed by atoms with van der Waals surface area (Å²) in [5.74, 6) is -0.339. The van der Waals surface area contributed by atoms with Gasteiger partial charge in [-0.1, -0.05) is 30.3 Å². The van der Waals surface area contributed by atoms with Crippen LogP contribution in [0.1, 0.15) is 38.3 Å². The molecule has 0 bridgehead atoms. The van der Waals surface area contributed by atoms with E-state index in [1.165, 1.54) is 0 Å². The molecule has 1 saturated carbocycles. The fourth-order valence-electron chi connectivity index (χ4n) is 3.38. The van der Waals surface area contributed by atoms with Gasteiger partial charge in [0.15, 0.2) is 6.10 Å². The maximum absolute atomic E-state index is 12.8. The summed E-state index contributed by atoms with van der Waals surface area (Å²) in [5.41, 5.74) is 0.716. The Morgan fingerprint density at radius 2 is 2.04 bits per heavy atom. The van der Waals surface area contributed by atoms with E-state index < -0.39 is 12.1 Å². The molecule has 25 heavy (non-hydrogen) atoms. The Hall–Kier alpha value is -1.92. The lowest BCUT2D eigenvalue weighted by Crippen LogP contribution is -2.56. The first-order valence-corrected chi connectivity index (χ1v) is 8.84. The Balaban J connectivity index is 1.82. The molecular formula is C19H26N2O4. The number of hydrogen-bond donors (Lipinski definition) is 2. The van der Waals surface area contributed by atoms with Gasteiger partial charge in [-0.05, 0) is 32.3 Å². The van der Waals surface area contributed by atoms with Crippen molar-refractivity contribution < 1.29 is 19.4 Å². The van der Waals surface area contributed by atoms with Crippen LogP contribution in [0.2, 0.25) is 0 Å². The zero-order valence-corrected chi connectivity index (χ0v) is 14.8. The summed E-state index contributed by atoms with van der Waals surface area (Å²) >= 11 is 0. The number of morpholine rings is 1. The van der Waals surface area contributed by atoms with Crippen molar-refractivity contribution in [3.05, 3.63) is 35.9 Å². The van der Waals surface area contributed by atoms with Crippen molar-refractivity contribution in [3.8, 4) is 0 Å². The minimum Gasteiger partial charge on any atom is -0.396 e. The van der Waals surface area contributed by atoms with Gasteiger partial charge in [0, 0.05) is 18.0 Å². The molecule has 6 heteroatoms. The van der Waals surface area contributed by atoms with Crippen LogP contribution in [-0.2, 0) is 14.3 Å². The number of aliphatic hydroxyl groups excluding tert-OH is 1. The average molecular weight is 346 g/mol. The van der Waals surface area contributed by atoms with E-state index in [1.54, 1.807) is 4.90 Å². The average Bonchev–Trinajstić information content (AvgIpc) is 3.40. The molecule has 1 heterocycles. The normalized spacial score (nSPS) is 25.1. The van der Waals surface area contributed by atoms with Crippen LogP contribution in [0.5, 0.6) is 0 Å². The van der Waals surface area contributed by atoms with Crippen molar-refractivity contribution in [2.75, 3.05) is 19.8 Å². The summed E-state index contributed by atoms with van der Waals surface area (Å²) in [4.78, 5) is 26.9. The molecule has 0 aromatic heterocycles. The lowest BCUT2D eigenvalue weighted by Gasteiger charge is -2.42. The van der Waals surface area contributed by atoms with Gasteiger partial charge in [-0.15, -0.1) is 0 Å². The number of nitrogens with zero attached hydrogens (tertiary/aromatic N) is 1. The van der Waals surface area contributed by atoms with Crippen molar-refractivity contribution in [3.63, 3.8) is 0 Å². The quantitative estimate of drug-likeness (QED) is 0.813. The van der Waals surface area contributed by atoms with Gasteiger partial charge in [-0.2, -0.15) is 0 Å². The molecule has 1 aliphatic carbocycles. The van der Waals surface area contributed by atoms with Gasteiger partial charge in [-0.3, -0.25) is 9.59 Å². The number of ether oxygens (including phenoxy) is 1. The highest BCUT2D eigenvalue weighted by Crippen LogP contribution is 2.44. The molecule has 0 spiro atoms. The Kier molecular flexibility index (Phi) is 5.11. The second kappa shape index (κ2) is 7.14. The fourth-order valence-corrected chi connectivity index (χ4v) is 3.38. The van der Waals surface area contributed by atoms with Crippen LogP contribution < -0.4 is 5.32 Å². The summed E-state index contributed by atoms with van der Waals surface area (Å²) in [7, 11) is 0. The Morgan fingerprint density at radius 1 is 1.36 bits per heavy atom. The third kappa shape index (κ3) is 3.70. The molecule has 2 N–H and O–H groups in total. The van der Waals surface area contributed by atoms with E-state index in [0.717, 1.165) is 18.4 Å². The largest absolute Gasteiger partial charge is 0.396 e. The van der Waals surface area contributed by atoms with Gasteiger partial charge < -0.3 is 20.1 Å². The number of carbonyl (C=O) groups is 2. The molecule has 136 valence electrons. The SMILES string of the molecule is CC(C)N1C(=O)CO[C@H](C(=O)NCC2(CO)CC2)[C@H]1c1ccccc1. The maximum atomic E-state index is 12.8. The van der Waals surface area contributed by atoms with Crippen LogP contribution in [-0.4, -0.2) is 53.7 Å². The molecule has 2 amide bonds. The monoisotopic (exact) mass is 346 g/mol. The number of amides is 2. The number of benzene rings is 1. The van der Waals surface area contributed by atoms with E-state index in [2.05, 4.69) is 5.32 Å². The van der Waals surface area contributed by atoms with Gasteiger partial charge in [0.2, 0.25) is 5.91 Å². The third-order valence-corrected chi connectivity index (χ3v) is 5.15. The molecule has 3 rings (SSSR count). The van der Waals surface area contributed by atoms with E-state index in [1.807, 2.05) is 44.2 Å². The van der Waals surface area contributed by atoms with Crippen molar-refractivity contribution in [2.24, 2.45) is 5.41 Å². The van der Waals surface area contributed by atoms with Crippen LogP contribution in [0.4, 0.5) is 0 Å². The molecule has 1 aromatic rings. The first kappa shape index (κ1) is 17.9. The molecule has 6 nitrogen and oxygen atoms in total. The van der Waals surface area contributed by atoms with E-state index in [-0.39, 0.29) is 36.5 Å². The summed E-state index contributed by atoms with van der Waals surface area (Å²) in [6, 6.07) is 9.04. The zero-order chi connectivity index (χ0) is 18.0.